The van der Waals surface area contributed by atoms with E-state index < -0.39 is 0 Å². The molecule has 0 unspecified atom stereocenters. The van der Waals surface area contributed by atoms with Crippen LogP contribution in [0.3, 0.4) is 0 Å². The van der Waals surface area contributed by atoms with E-state index in [-0.39, 0.29) is 17.9 Å². The monoisotopic (exact) mass is 359 g/mol. The normalized spacial score (nSPS) is 20.0. The summed E-state index contributed by atoms with van der Waals surface area (Å²) in [6.45, 7) is 3.43. The minimum absolute atomic E-state index is 0.0380. The molecule has 2 amide bonds. The first-order valence-electron chi connectivity index (χ1n) is 9.33. The smallest absolute Gasteiger partial charge is 0.253 e. The van der Waals surface area contributed by atoms with E-state index in [0.29, 0.717) is 24.0 Å². The zero-order valence-electron chi connectivity index (χ0n) is 16.2. The second-order valence-electron chi connectivity index (χ2n) is 7.79. The molecule has 0 aromatic heterocycles. The number of nitrogens with one attached hydrogen (secondary N) is 1. The van der Waals surface area contributed by atoms with Gasteiger partial charge in [0.25, 0.3) is 5.91 Å². The number of ether oxygens (including phenoxy) is 1. The number of rotatable bonds is 6. The number of nitrogens with zero attached hydrogens (tertiary/aromatic N) is 2. The number of hydrogen-bond acceptors (Lipinski definition) is 4. The average molecular weight is 359 g/mol. The molecule has 0 radical (unpaired) electrons. The Bertz CT molecular complexity index is 698. The molecular weight excluding hydrogens is 330 g/mol. The van der Waals surface area contributed by atoms with Crippen molar-refractivity contribution >= 4 is 17.5 Å². The maximum absolute atomic E-state index is 12.4. The van der Waals surface area contributed by atoms with E-state index in [1.807, 2.05) is 19.2 Å². The van der Waals surface area contributed by atoms with Gasteiger partial charge in [0.15, 0.2) is 0 Å². The first-order valence-corrected chi connectivity index (χ1v) is 9.33. The highest BCUT2D eigenvalue weighted by molar-refractivity contribution is 5.95. The molecule has 1 aromatic rings. The van der Waals surface area contributed by atoms with E-state index in [9.17, 15) is 9.59 Å². The second kappa shape index (κ2) is 7.17. The zero-order chi connectivity index (χ0) is 18.9. The summed E-state index contributed by atoms with van der Waals surface area (Å²) in [5.41, 5.74) is 1.82. The van der Waals surface area contributed by atoms with Crippen LogP contribution in [0.15, 0.2) is 18.2 Å². The molecule has 3 rings (SSSR count). The van der Waals surface area contributed by atoms with Crippen LogP contribution in [-0.4, -0.2) is 57.1 Å². The van der Waals surface area contributed by atoms with Gasteiger partial charge < -0.3 is 19.9 Å². The summed E-state index contributed by atoms with van der Waals surface area (Å²) in [4.78, 5) is 28.2. The average Bonchev–Trinajstić information content (AvgIpc) is 3.42. The molecule has 1 aliphatic heterocycles. The number of likely N-dealkylation sites (N-methyl/N-ethyl adjacent to an activating group) is 1. The van der Waals surface area contributed by atoms with Gasteiger partial charge in [0.1, 0.15) is 12.4 Å². The fourth-order valence-corrected chi connectivity index (χ4v) is 3.40. The molecule has 1 N–H and O–H groups in total. The summed E-state index contributed by atoms with van der Waals surface area (Å²) in [5, 5.41) is 3.09. The molecule has 1 heterocycles. The van der Waals surface area contributed by atoms with E-state index >= 15 is 0 Å². The van der Waals surface area contributed by atoms with E-state index in [4.69, 9.17) is 4.74 Å². The third kappa shape index (κ3) is 3.79. The Morgan fingerprint density at radius 2 is 2.08 bits per heavy atom. The summed E-state index contributed by atoms with van der Waals surface area (Å²) >= 11 is 0. The highest BCUT2D eigenvalue weighted by atomic mass is 16.5. The van der Waals surface area contributed by atoms with Crippen LogP contribution in [-0.2, 0) is 4.79 Å². The topological polar surface area (TPSA) is 61.9 Å². The maximum Gasteiger partial charge on any atom is 0.253 e. The van der Waals surface area contributed by atoms with Gasteiger partial charge in [0.05, 0.1) is 18.2 Å². The van der Waals surface area contributed by atoms with Gasteiger partial charge in [-0.2, -0.15) is 0 Å². The van der Waals surface area contributed by atoms with Gasteiger partial charge in [-0.15, -0.1) is 0 Å². The van der Waals surface area contributed by atoms with Crippen molar-refractivity contribution in [1.29, 1.82) is 0 Å². The van der Waals surface area contributed by atoms with Crippen LogP contribution in [0, 0.1) is 5.41 Å². The van der Waals surface area contributed by atoms with E-state index in [0.717, 1.165) is 24.4 Å². The molecule has 0 spiro atoms. The molecular formula is C20H29N3O3. The minimum Gasteiger partial charge on any atom is -0.489 e. The lowest BCUT2D eigenvalue weighted by atomic mass is 10.0. The molecule has 6 nitrogen and oxygen atoms in total. The second-order valence-corrected chi connectivity index (χ2v) is 7.79. The fourth-order valence-electron chi connectivity index (χ4n) is 3.40. The van der Waals surface area contributed by atoms with Crippen molar-refractivity contribution in [3.63, 3.8) is 0 Å². The highest BCUT2D eigenvalue weighted by Crippen LogP contribution is 2.47. The Labute approximate surface area is 155 Å². The van der Waals surface area contributed by atoms with Gasteiger partial charge in [-0.25, -0.2) is 0 Å². The molecule has 1 fully saturated rings. The van der Waals surface area contributed by atoms with Crippen molar-refractivity contribution in [2.24, 2.45) is 5.41 Å². The standard InChI is InChI=1S/C20H29N3O3/c1-5-20(8-9-20)13-21-18(24)11-15-12-26-17-7-6-14(19(25)22(2)3)10-16(17)23(15)4/h6-7,10,15H,5,8-9,11-13H2,1-4H3,(H,21,24)/t15-/m1/s1. The van der Waals surface area contributed by atoms with Crippen LogP contribution in [0.4, 0.5) is 5.69 Å². The lowest BCUT2D eigenvalue weighted by Crippen LogP contribution is -2.44. The van der Waals surface area contributed by atoms with Crippen molar-refractivity contribution in [2.45, 2.75) is 38.6 Å². The molecule has 0 saturated heterocycles. The van der Waals surface area contributed by atoms with E-state index in [1.165, 1.54) is 12.8 Å². The Hall–Kier alpha value is -2.24. The van der Waals surface area contributed by atoms with Crippen LogP contribution < -0.4 is 15.0 Å². The summed E-state index contributed by atoms with van der Waals surface area (Å²) in [6.07, 6.45) is 3.94. The van der Waals surface area contributed by atoms with E-state index in [2.05, 4.69) is 17.1 Å². The lowest BCUT2D eigenvalue weighted by Gasteiger charge is -2.36. The lowest BCUT2D eigenvalue weighted by molar-refractivity contribution is -0.121. The van der Waals surface area contributed by atoms with Gasteiger partial charge in [-0.3, -0.25) is 9.59 Å². The van der Waals surface area contributed by atoms with Crippen LogP contribution in [0.2, 0.25) is 0 Å². The highest BCUT2D eigenvalue weighted by Gasteiger charge is 2.40. The maximum atomic E-state index is 12.4. The number of carbonyl (C=O) groups excluding carboxylic acids is 2. The van der Waals surface area contributed by atoms with Crippen LogP contribution in [0.1, 0.15) is 43.0 Å². The summed E-state index contributed by atoms with van der Waals surface area (Å²) in [6, 6.07) is 5.42. The number of fused-ring (bicyclic) bond motifs is 1. The third-order valence-electron chi connectivity index (χ3n) is 5.76. The first-order chi connectivity index (χ1) is 12.3. The first kappa shape index (κ1) is 18.5. The van der Waals surface area contributed by atoms with Crippen LogP contribution >= 0.6 is 0 Å². The van der Waals surface area contributed by atoms with Crippen molar-refractivity contribution in [2.75, 3.05) is 39.2 Å². The van der Waals surface area contributed by atoms with Crippen molar-refractivity contribution in [3.05, 3.63) is 23.8 Å². The molecule has 1 saturated carbocycles. The van der Waals surface area contributed by atoms with Gasteiger partial charge in [0.2, 0.25) is 5.91 Å². The fraction of sp³-hybridized carbons (Fsp3) is 0.600. The molecule has 1 aliphatic carbocycles. The predicted octanol–water partition coefficient (Wildman–Crippen LogP) is 2.28. The number of carbonyl (C=O) groups is 2. The number of anilines is 1. The van der Waals surface area contributed by atoms with Gasteiger partial charge in [-0.1, -0.05) is 6.92 Å². The van der Waals surface area contributed by atoms with E-state index in [1.54, 1.807) is 25.1 Å². The van der Waals surface area contributed by atoms with Gasteiger partial charge in [-0.05, 0) is 42.9 Å². The molecule has 1 aromatic carbocycles. The van der Waals surface area contributed by atoms with Gasteiger partial charge >= 0.3 is 0 Å². The summed E-state index contributed by atoms with van der Waals surface area (Å²) in [5.74, 6) is 0.770. The number of benzene rings is 1. The van der Waals surface area contributed by atoms with Crippen LogP contribution in [0.5, 0.6) is 5.75 Å². The van der Waals surface area contributed by atoms with Crippen molar-refractivity contribution in [3.8, 4) is 5.75 Å². The Morgan fingerprint density at radius 3 is 2.69 bits per heavy atom. The quantitative estimate of drug-likeness (QED) is 0.846. The molecule has 0 bridgehead atoms. The number of hydrogen-bond donors (Lipinski definition) is 1. The summed E-state index contributed by atoms with van der Waals surface area (Å²) in [7, 11) is 5.42. The largest absolute Gasteiger partial charge is 0.489 e. The minimum atomic E-state index is -0.0460. The third-order valence-corrected chi connectivity index (χ3v) is 5.76. The zero-order valence-corrected chi connectivity index (χ0v) is 16.2. The Morgan fingerprint density at radius 1 is 1.35 bits per heavy atom. The van der Waals surface area contributed by atoms with Crippen molar-refractivity contribution < 1.29 is 14.3 Å². The molecule has 6 heteroatoms. The van der Waals surface area contributed by atoms with Crippen molar-refractivity contribution in [1.82, 2.24) is 10.2 Å². The molecule has 26 heavy (non-hydrogen) atoms. The number of amides is 2. The Kier molecular flexibility index (Phi) is 5.12. The molecule has 2 aliphatic rings. The predicted molar refractivity (Wildman–Crippen MR) is 102 cm³/mol. The molecule has 142 valence electrons. The SMILES string of the molecule is CCC1(CNC(=O)C[C@@H]2COc3ccc(C(=O)N(C)C)cc3N2C)CC1. The van der Waals surface area contributed by atoms with Gasteiger partial charge in [0, 0.05) is 33.3 Å². The Balaban J connectivity index is 1.64. The summed E-state index contributed by atoms with van der Waals surface area (Å²) < 4.78 is 5.83. The van der Waals surface area contributed by atoms with Crippen LogP contribution in [0.25, 0.3) is 0 Å². The molecule has 1 atom stereocenters.